The second-order valence-electron chi connectivity index (χ2n) is 6.61. The van der Waals surface area contributed by atoms with Gasteiger partial charge in [0.05, 0.1) is 5.69 Å². The van der Waals surface area contributed by atoms with Crippen molar-refractivity contribution >= 4 is 11.7 Å². The van der Waals surface area contributed by atoms with Gasteiger partial charge in [0.15, 0.2) is 0 Å². The first-order chi connectivity index (χ1) is 12.4. The van der Waals surface area contributed by atoms with Crippen LogP contribution in [0.5, 0.6) is 5.75 Å². The molecule has 0 saturated carbocycles. The molecule has 0 spiro atoms. The Balaban J connectivity index is 1.88. The number of carbonyl (C=O) groups excluding carboxylic acids is 1. The van der Waals surface area contributed by atoms with Gasteiger partial charge in [0.2, 0.25) is 5.91 Å². The van der Waals surface area contributed by atoms with Gasteiger partial charge in [-0.15, -0.1) is 0 Å². The van der Waals surface area contributed by atoms with Gasteiger partial charge in [0.25, 0.3) is 5.95 Å². The van der Waals surface area contributed by atoms with E-state index in [9.17, 15) is 9.90 Å². The number of rotatable bonds is 2. The highest BCUT2D eigenvalue weighted by atomic mass is 16.3. The van der Waals surface area contributed by atoms with Crippen LogP contribution in [0.2, 0.25) is 0 Å². The van der Waals surface area contributed by atoms with Gasteiger partial charge in [-0.2, -0.15) is 9.78 Å². The first-order valence-electron chi connectivity index (χ1n) is 8.43. The molecule has 2 N–H and O–H groups in total. The maximum Gasteiger partial charge on any atom is 0.252 e. The summed E-state index contributed by atoms with van der Waals surface area (Å²) < 4.78 is 1.61. The molecule has 0 aliphatic carbocycles. The van der Waals surface area contributed by atoms with E-state index < -0.39 is 0 Å². The van der Waals surface area contributed by atoms with Gasteiger partial charge < -0.3 is 10.4 Å². The van der Waals surface area contributed by atoms with Gasteiger partial charge in [0, 0.05) is 29.3 Å². The van der Waals surface area contributed by atoms with E-state index in [1.165, 1.54) is 0 Å². The van der Waals surface area contributed by atoms with Crippen LogP contribution in [-0.2, 0) is 4.79 Å². The number of amides is 1. The van der Waals surface area contributed by atoms with E-state index in [1.54, 1.807) is 16.8 Å². The Labute approximate surface area is 150 Å². The number of carbonyl (C=O) groups is 1. The van der Waals surface area contributed by atoms with Crippen molar-refractivity contribution in [3.63, 3.8) is 0 Å². The molecular weight excluding hydrogens is 330 g/mol. The van der Waals surface area contributed by atoms with Crippen molar-refractivity contribution in [2.75, 3.05) is 5.32 Å². The molecule has 3 heterocycles. The summed E-state index contributed by atoms with van der Waals surface area (Å²) in [4.78, 5) is 21.3. The van der Waals surface area contributed by atoms with Crippen LogP contribution in [0.1, 0.15) is 40.5 Å². The molecule has 26 heavy (non-hydrogen) atoms. The number of anilines is 1. The Kier molecular flexibility index (Phi) is 3.72. The molecule has 132 valence electrons. The van der Waals surface area contributed by atoms with Crippen LogP contribution in [0.15, 0.2) is 30.3 Å². The Morgan fingerprint density at radius 2 is 1.77 bits per heavy atom. The number of hydrogen-bond acceptors (Lipinski definition) is 5. The Hall–Kier alpha value is -3.22. The molecule has 0 fully saturated rings. The van der Waals surface area contributed by atoms with Crippen LogP contribution < -0.4 is 5.32 Å². The number of aryl methyl sites for hydroxylation is 3. The fraction of sp³-hybridized carbons (Fsp3) is 0.263. The van der Waals surface area contributed by atoms with Crippen molar-refractivity contribution in [3.8, 4) is 11.7 Å². The van der Waals surface area contributed by atoms with E-state index in [0.29, 0.717) is 18.2 Å². The van der Waals surface area contributed by atoms with Crippen molar-refractivity contribution < 1.29 is 9.90 Å². The van der Waals surface area contributed by atoms with Crippen LogP contribution in [-0.4, -0.2) is 30.8 Å². The third-order valence-corrected chi connectivity index (χ3v) is 4.56. The zero-order valence-corrected chi connectivity index (χ0v) is 14.8. The summed E-state index contributed by atoms with van der Waals surface area (Å²) in [6, 6.07) is 8.84. The largest absolute Gasteiger partial charge is 0.508 e. The first kappa shape index (κ1) is 16.3. The van der Waals surface area contributed by atoms with E-state index in [2.05, 4.69) is 20.4 Å². The smallest absolute Gasteiger partial charge is 0.252 e. The monoisotopic (exact) mass is 349 g/mol. The van der Waals surface area contributed by atoms with Gasteiger partial charge >= 0.3 is 0 Å². The summed E-state index contributed by atoms with van der Waals surface area (Å²) in [5.41, 5.74) is 4.42. The average Bonchev–Trinajstić information content (AvgIpc) is 2.91. The Bertz CT molecular complexity index is 987. The molecule has 1 atom stereocenters. The third kappa shape index (κ3) is 2.71. The summed E-state index contributed by atoms with van der Waals surface area (Å²) in [5, 5.41) is 17.1. The molecule has 7 nitrogen and oxygen atoms in total. The second kappa shape index (κ2) is 5.94. The molecule has 2 aromatic heterocycles. The van der Waals surface area contributed by atoms with Gasteiger partial charge in [-0.1, -0.05) is 12.1 Å². The number of phenolic OH excluding ortho intramolecular Hbond substituents is 1. The van der Waals surface area contributed by atoms with Crippen LogP contribution in [0, 0.1) is 20.8 Å². The summed E-state index contributed by atoms with van der Waals surface area (Å²) in [7, 11) is 0. The number of hydrogen-bond donors (Lipinski definition) is 2. The number of nitrogens with one attached hydrogen (secondary N) is 1. The van der Waals surface area contributed by atoms with Crippen molar-refractivity contribution in [2.24, 2.45) is 0 Å². The minimum absolute atomic E-state index is 0.0823. The predicted molar refractivity (Wildman–Crippen MR) is 96.6 cm³/mol. The highest BCUT2D eigenvalue weighted by molar-refractivity contribution is 5.95. The lowest BCUT2D eigenvalue weighted by Gasteiger charge is -2.24. The lowest BCUT2D eigenvalue weighted by Crippen LogP contribution is -2.25. The number of nitrogens with zero attached hydrogens (tertiary/aromatic N) is 4. The Morgan fingerprint density at radius 1 is 1.12 bits per heavy atom. The van der Waals surface area contributed by atoms with E-state index in [4.69, 9.17) is 0 Å². The summed E-state index contributed by atoms with van der Waals surface area (Å²) >= 11 is 0. The lowest BCUT2D eigenvalue weighted by atomic mass is 9.86. The fourth-order valence-electron chi connectivity index (χ4n) is 3.49. The highest BCUT2D eigenvalue weighted by Crippen LogP contribution is 2.40. The maximum atomic E-state index is 12.4. The lowest BCUT2D eigenvalue weighted by molar-refractivity contribution is -0.116. The topological polar surface area (TPSA) is 92.9 Å². The SMILES string of the molecule is Cc1cc(C)nc(-n2nc(C)c3c2NC(=O)C[C@H]3c2ccc(O)cc2)n1. The minimum atomic E-state index is -0.126. The van der Waals surface area contributed by atoms with Crippen molar-refractivity contribution in [3.05, 3.63) is 58.5 Å². The number of aromatic nitrogens is 4. The van der Waals surface area contributed by atoms with E-state index >= 15 is 0 Å². The zero-order valence-electron chi connectivity index (χ0n) is 14.8. The predicted octanol–water partition coefficient (Wildman–Crippen LogP) is 2.77. The van der Waals surface area contributed by atoms with Crippen LogP contribution in [0.25, 0.3) is 5.95 Å². The quantitative estimate of drug-likeness (QED) is 0.742. The standard InChI is InChI=1S/C19H19N5O2/c1-10-8-11(2)21-19(20-10)24-18-17(12(3)23-24)15(9-16(26)22-18)13-4-6-14(25)7-5-13/h4-8,15,25H,9H2,1-3H3,(H,22,26)/t15-/m0/s1. The summed E-state index contributed by atoms with van der Waals surface area (Å²) in [6.07, 6.45) is 0.331. The average molecular weight is 349 g/mol. The maximum absolute atomic E-state index is 12.4. The molecule has 1 amide bonds. The van der Waals surface area contributed by atoms with Gasteiger partial charge in [-0.25, -0.2) is 9.97 Å². The van der Waals surface area contributed by atoms with Crippen LogP contribution >= 0.6 is 0 Å². The van der Waals surface area contributed by atoms with E-state index in [-0.39, 0.29) is 17.6 Å². The Morgan fingerprint density at radius 3 is 2.42 bits per heavy atom. The van der Waals surface area contributed by atoms with Crippen LogP contribution in [0.3, 0.4) is 0 Å². The van der Waals surface area contributed by atoms with E-state index in [1.807, 2.05) is 39.0 Å². The summed E-state index contributed by atoms with van der Waals surface area (Å²) in [6.45, 7) is 5.72. The molecule has 1 aromatic carbocycles. The fourth-order valence-corrected chi connectivity index (χ4v) is 3.49. The third-order valence-electron chi connectivity index (χ3n) is 4.56. The number of benzene rings is 1. The molecule has 0 saturated heterocycles. The zero-order chi connectivity index (χ0) is 18.4. The molecule has 0 bridgehead atoms. The van der Waals surface area contributed by atoms with Gasteiger partial charge in [-0.3, -0.25) is 4.79 Å². The van der Waals surface area contributed by atoms with Gasteiger partial charge in [-0.05, 0) is 44.5 Å². The molecule has 4 rings (SSSR count). The molecule has 1 aliphatic rings. The van der Waals surface area contributed by atoms with Gasteiger partial charge in [0.1, 0.15) is 11.6 Å². The molecule has 1 aliphatic heterocycles. The minimum Gasteiger partial charge on any atom is -0.508 e. The molecule has 0 unspecified atom stereocenters. The summed E-state index contributed by atoms with van der Waals surface area (Å²) in [5.74, 6) is 1.05. The molecule has 0 radical (unpaired) electrons. The normalized spacial score (nSPS) is 16.3. The molecule has 7 heteroatoms. The van der Waals surface area contributed by atoms with Crippen molar-refractivity contribution in [2.45, 2.75) is 33.1 Å². The number of fused-ring (bicyclic) bond motifs is 1. The number of aromatic hydroxyl groups is 1. The highest BCUT2D eigenvalue weighted by Gasteiger charge is 2.33. The van der Waals surface area contributed by atoms with Crippen molar-refractivity contribution in [1.29, 1.82) is 0 Å². The van der Waals surface area contributed by atoms with Crippen LogP contribution in [0.4, 0.5) is 5.82 Å². The first-order valence-corrected chi connectivity index (χ1v) is 8.43. The van der Waals surface area contributed by atoms with E-state index in [0.717, 1.165) is 28.2 Å². The molecule has 3 aromatic rings. The number of phenols is 1. The van der Waals surface area contributed by atoms with Crippen molar-refractivity contribution in [1.82, 2.24) is 19.7 Å². The molecular formula is C19H19N5O2. The second-order valence-corrected chi connectivity index (χ2v) is 6.61.